The van der Waals surface area contributed by atoms with Gasteiger partial charge in [-0.3, -0.25) is 0 Å². The van der Waals surface area contributed by atoms with Gasteiger partial charge in [0.1, 0.15) is 0 Å². The lowest BCUT2D eigenvalue weighted by Gasteiger charge is -2.19. The second kappa shape index (κ2) is 12.0. The van der Waals surface area contributed by atoms with Gasteiger partial charge in [0.05, 0.1) is 18.8 Å². The first-order valence-corrected chi connectivity index (χ1v) is 9.31. The van der Waals surface area contributed by atoms with Crippen LogP contribution in [0.2, 0.25) is 0 Å². The van der Waals surface area contributed by atoms with Gasteiger partial charge in [0, 0.05) is 32.0 Å². The highest BCUT2D eigenvalue weighted by Crippen LogP contribution is 2.13. The summed E-state index contributed by atoms with van der Waals surface area (Å²) in [6, 6.07) is 12.5. The number of nitrogens with zero attached hydrogens (tertiary/aromatic N) is 2. The van der Waals surface area contributed by atoms with E-state index in [9.17, 15) is 0 Å². The molecule has 0 saturated heterocycles. The van der Waals surface area contributed by atoms with Crippen molar-refractivity contribution in [3.05, 3.63) is 59.9 Å². The monoisotopic (exact) mass is 484 g/mol. The first-order chi connectivity index (χ1) is 12.5. The summed E-state index contributed by atoms with van der Waals surface area (Å²) in [5, 5.41) is 6.68. The fourth-order valence-corrected chi connectivity index (χ4v) is 2.45. The summed E-state index contributed by atoms with van der Waals surface area (Å²) < 4.78 is 8.01. The highest BCUT2D eigenvalue weighted by molar-refractivity contribution is 14.0. The van der Waals surface area contributed by atoms with Gasteiger partial charge >= 0.3 is 0 Å². The lowest BCUT2D eigenvalue weighted by Crippen LogP contribution is -2.38. The van der Waals surface area contributed by atoms with E-state index in [2.05, 4.69) is 79.6 Å². The number of aromatic nitrogens is 1. The van der Waals surface area contributed by atoms with Gasteiger partial charge in [-0.05, 0) is 51.0 Å². The smallest absolute Gasteiger partial charge is 0.191 e. The molecule has 1 heterocycles. The highest BCUT2D eigenvalue weighted by Gasteiger charge is 2.10. The molecule has 1 aromatic heterocycles. The average Bonchev–Trinajstić information content (AvgIpc) is 3.11. The molecule has 0 aliphatic heterocycles. The van der Waals surface area contributed by atoms with Crippen molar-refractivity contribution in [2.75, 3.05) is 13.1 Å². The van der Waals surface area contributed by atoms with E-state index in [-0.39, 0.29) is 29.6 Å². The maximum atomic E-state index is 5.86. The summed E-state index contributed by atoms with van der Waals surface area (Å²) in [6.45, 7) is 12.1. The van der Waals surface area contributed by atoms with Crippen LogP contribution in [0.1, 0.15) is 38.8 Å². The fourth-order valence-electron chi connectivity index (χ4n) is 2.45. The Bertz CT molecular complexity index is 678. The molecule has 6 heteroatoms. The lowest BCUT2D eigenvalue weighted by molar-refractivity contribution is -0.0149. The molecule has 0 saturated carbocycles. The van der Waals surface area contributed by atoms with Crippen LogP contribution in [-0.2, 0) is 24.4 Å². The topological polar surface area (TPSA) is 50.6 Å². The molecule has 27 heavy (non-hydrogen) atoms. The minimum Gasteiger partial charge on any atom is -0.371 e. The zero-order chi connectivity index (χ0) is 18.8. The van der Waals surface area contributed by atoms with Crippen molar-refractivity contribution in [2.45, 2.75) is 53.0 Å². The third kappa shape index (κ3) is 9.81. The number of guanidine groups is 1. The molecule has 0 aliphatic rings. The Morgan fingerprint density at radius 1 is 1.07 bits per heavy atom. The van der Waals surface area contributed by atoms with Crippen LogP contribution in [-0.4, -0.2) is 29.2 Å². The van der Waals surface area contributed by atoms with Gasteiger partial charge in [-0.1, -0.05) is 24.3 Å². The predicted molar refractivity (Wildman–Crippen MR) is 124 cm³/mol. The van der Waals surface area contributed by atoms with Crippen LogP contribution in [0.25, 0.3) is 0 Å². The number of hydrogen-bond acceptors (Lipinski definition) is 2. The fraction of sp³-hybridized carbons (Fsp3) is 0.476. The number of ether oxygens (including phenoxy) is 1. The largest absolute Gasteiger partial charge is 0.371 e. The normalized spacial score (nSPS) is 11.8. The lowest BCUT2D eigenvalue weighted by atomic mass is 10.1. The number of rotatable bonds is 8. The SMILES string of the molecule is CCNC(=NCc1cccc(COC(C)(C)C)c1)NCCn1cccc1.I. The van der Waals surface area contributed by atoms with Crippen LogP contribution in [0.15, 0.2) is 53.8 Å². The molecule has 2 N–H and O–H groups in total. The quantitative estimate of drug-likeness (QED) is 0.336. The third-order valence-electron chi connectivity index (χ3n) is 3.76. The zero-order valence-electron chi connectivity index (χ0n) is 16.9. The molecule has 1 aromatic carbocycles. The molecule has 0 radical (unpaired) electrons. The van der Waals surface area contributed by atoms with Crippen molar-refractivity contribution in [2.24, 2.45) is 4.99 Å². The minimum absolute atomic E-state index is 0. The van der Waals surface area contributed by atoms with Crippen LogP contribution in [0.3, 0.4) is 0 Å². The molecule has 0 fully saturated rings. The Kier molecular flexibility index (Phi) is 10.5. The number of benzene rings is 1. The Morgan fingerprint density at radius 3 is 2.44 bits per heavy atom. The van der Waals surface area contributed by atoms with Crippen LogP contribution >= 0.6 is 24.0 Å². The van der Waals surface area contributed by atoms with E-state index in [0.717, 1.165) is 25.6 Å². The number of hydrogen-bond donors (Lipinski definition) is 2. The molecule has 0 spiro atoms. The summed E-state index contributed by atoms with van der Waals surface area (Å²) >= 11 is 0. The Balaban J connectivity index is 0.00000364. The van der Waals surface area contributed by atoms with Crippen LogP contribution in [0.4, 0.5) is 0 Å². The Hall–Kier alpha value is -1.54. The van der Waals surface area contributed by atoms with Gasteiger partial charge in [0.2, 0.25) is 0 Å². The molecular weight excluding hydrogens is 451 g/mol. The van der Waals surface area contributed by atoms with Gasteiger partial charge in [-0.15, -0.1) is 24.0 Å². The summed E-state index contributed by atoms with van der Waals surface area (Å²) in [5.74, 6) is 0.844. The van der Waals surface area contributed by atoms with Crippen LogP contribution in [0, 0.1) is 0 Å². The molecule has 0 unspecified atom stereocenters. The summed E-state index contributed by atoms with van der Waals surface area (Å²) in [6.07, 6.45) is 4.13. The van der Waals surface area contributed by atoms with E-state index < -0.39 is 0 Å². The van der Waals surface area contributed by atoms with Crippen LogP contribution < -0.4 is 10.6 Å². The van der Waals surface area contributed by atoms with Gasteiger partial charge in [-0.25, -0.2) is 4.99 Å². The highest BCUT2D eigenvalue weighted by atomic mass is 127. The summed E-state index contributed by atoms with van der Waals surface area (Å²) in [7, 11) is 0. The van der Waals surface area contributed by atoms with E-state index >= 15 is 0 Å². The van der Waals surface area contributed by atoms with Gasteiger partial charge in [0.15, 0.2) is 5.96 Å². The van der Waals surface area contributed by atoms with Gasteiger partial charge < -0.3 is 19.9 Å². The first-order valence-electron chi connectivity index (χ1n) is 9.31. The average molecular weight is 484 g/mol. The van der Waals surface area contributed by atoms with Gasteiger partial charge in [0.25, 0.3) is 0 Å². The third-order valence-corrected chi connectivity index (χ3v) is 3.76. The van der Waals surface area contributed by atoms with Crippen molar-refractivity contribution < 1.29 is 4.74 Å². The molecule has 0 amide bonds. The molecule has 150 valence electrons. The molecule has 0 bridgehead atoms. The number of nitrogens with one attached hydrogen (secondary N) is 2. The van der Waals surface area contributed by atoms with E-state index in [0.29, 0.717) is 13.2 Å². The zero-order valence-corrected chi connectivity index (χ0v) is 19.2. The van der Waals surface area contributed by atoms with Crippen molar-refractivity contribution >= 4 is 29.9 Å². The number of halogens is 1. The van der Waals surface area contributed by atoms with E-state index in [1.165, 1.54) is 11.1 Å². The second-order valence-corrected chi connectivity index (χ2v) is 7.26. The molecule has 0 atom stereocenters. The summed E-state index contributed by atoms with van der Waals surface area (Å²) in [5.41, 5.74) is 2.23. The number of aliphatic imine (C=N–C) groups is 1. The van der Waals surface area contributed by atoms with Crippen molar-refractivity contribution in [3.8, 4) is 0 Å². The van der Waals surface area contributed by atoms with Crippen molar-refractivity contribution in [1.29, 1.82) is 0 Å². The second-order valence-electron chi connectivity index (χ2n) is 7.26. The van der Waals surface area contributed by atoms with E-state index in [1.807, 2.05) is 12.1 Å². The molecule has 5 nitrogen and oxygen atoms in total. The molecule has 2 rings (SSSR count). The van der Waals surface area contributed by atoms with Crippen molar-refractivity contribution in [3.63, 3.8) is 0 Å². The molecule has 0 aliphatic carbocycles. The Morgan fingerprint density at radius 2 is 1.78 bits per heavy atom. The van der Waals surface area contributed by atoms with Crippen molar-refractivity contribution in [1.82, 2.24) is 15.2 Å². The molecular formula is C21H33IN4O. The maximum absolute atomic E-state index is 5.86. The minimum atomic E-state index is -0.129. The standard InChI is InChI=1S/C21H32N4O.HI/c1-5-22-20(23-11-14-25-12-6-7-13-25)24-16-18-9-8-10-19(15-18)17-26-21(2,3)4;/h6-10,12-13,15H,5,11,14,16-17H2,1-4H3,(H2,22,23,24);1H. The first kappa shape index (κ1) is 23.5. The van der Waals surface area contributed by atoms with E-state index in [4.69, 9.17) is 9.73 Å². The van der Waals surface area contributed by atoms with Crippen LogP contribution in [0.5, 0.6) is 0 Å². The van der Waals surface area contributed by atoms with Gasteiger partial charge in [-0.2, -0.15) is 0 Å². The Labute approximate surface area is 180 Å². The summed E-state index contributed by atoms with van der Waals surface area (Å²) in [4.78, 5) is 4.70. The molecule has 2 aromatic rings. The predicted octanol–water partition coefficient (Wildman–Crippen LogP) is 4.18. The maximum Gasteiger partial charge on any atom is 0.191 e. The van der Waals surface area contributed by atoms with E-state index in [1.54, 1.807) is 0 Å².